The minimum Gasteiger partial charge on any atom is -0.396 e. The summed E-state index contributed by atoms with van der Waals surface area (Å²) in [5.74, 6) is 0.148. The first kappa shape index (κ1) is 16.8. The zero-order valence-corrected chi connectivity index (χ0v) is 11.2. The van der Waals surface area contributed by atoms with E-state index in [1.54, 1.807) is 6.92 Å². The summed E-state index contributed by atoms with van der Waals surface area (Å²) in [6.07, 6.45) is -2.81. The van der Waals surface area contributed by atoms with Crippen LogP contribution in [0.15, 0.2) is 0 Å². The molecule has 0 saturated carbocycles. The van der Waals surface area contributed by atoms with E-state index < -0.39 is 18.3 Å². The van der Waals surface area contributed by atoms with Crippen LogP contribution in [0, 0.1) is 5.92 Å². The van der Waals surface area contributed by atoms with Gasteiger partial charge in [0.2, 0.25) is 0 Å². The van der Waals surface area contributed by atoms with E-state index in [1.807, 2.05) is 6.92 Å². The Morgan fingerprint density at radius 2 is 1.26 bits per heavy atom. The number of hydrogen-bond donors (Lipinski definition) is 5. The van der Waals surface area contributed by atoms with Gasteiger partial charge in [-0.25, -0.2) is 0 Å². The molecule has 7 nitrogen and oxygen atoms in total. The standard InChI is InChI=1S/C6H12O4.C6H12O3/c1-3-5(8)6(9)4(2-7)10-3;1-4-5(2-7)6(3-8)9-4/h3-9H,2H2,1H3;4-8H,2-3H2,1H3. The smallest absolute Gasteiger partial charge is 0.111 e. The number of ether oxygens (including phenoxy) is 2. The van der Waals surface area contributed by atoms with Crippen molar-refractivity contribution in [3.63, 3.8) is 0 Å². The lowest BCUT2D eigenvalue weighted by Crippen LogP contribution is -2.50. The summed E-state index contributed by atoms with van der Waals surface area (Å²) in [4.78, 5) is 0. The van der Waals surface area contributed by atoms with Crippen LogP contribution in [0.1, 0.15) is 13.8 Å². The van der Waals surface area contributed by atoms with Gasteiger partial charge in [0.1, 0.15) is 18.3 Å². The lowest BCUT2D eigenvalue weighted by atomic mass is 9.92. The Bertz CT molecular complexity index is 262. The second-order valence-corrected chi connectivity index (χ2v) is 4.95. The monoisotopic (exact) mass is 280 g/mol. The maximum absolute atomic E-state index is 9.09. The van der Waals surface area contributed by atoms with Crippen molar-refractivity contribution in [2.75, 3.05) is 19.8 Å². The Balaban J connectivity index is 0.000000191. The molecule has 7 atom stereocenters. The first-order valence-corrected chi connectivity index (χ1v) is 6.45. The summed E-state index contributed by atoms with van der Waals surface area (Å²) in [5.41, 5.74) is 0. The molecule has 7 heteroatoms. The molecule has 0 radical (unpaired) electrons. The Morgan fingerprint density at radius 3 is 1.47 bits per heavy atom. The summed E-state index contributed by atoms with van der Waals surface area (Å²) in [7, 11) is 0. The van der Waals surface area contributed by atoms with Gasteiger partial charge in [-0.05, 0) is 13.8 Å². The summed E-state index contributed by atoms with van der Waals surface area (Å²) in [6.45, 7) is 3.45. The van der Waals surface area contributed by atoms with Crippen molar-refractivity contribution in [3.8, 4) is 0 Å². The van der Waals surface area contributed by atoms with Crippen molar-refractivity contribution in [2.45, 2.75) is 50.5 Å². The molecule has 114 valence electrons. The highest BCUT2D eigenvalue weighted by Crippen LogP contribution is 2.26. The number of rotatable bonds is 3. The van der Waals surface area contributed by atoms with E-state index in [2.05, 4.69) is 0 Å². The minimum atomic E-state index is -0.944. The highest BCUT2D eigenvalue weighted by Gasteiger charge is 2.39. The van der Waals surface area contributed by atoms with E-state index in [0.29, 0.717) is 0 Å². The van der Waals surface area contributed by atoms with Gasteiger partial charge < -0.3 is 35.0 Å². The average molecular weight is 280 g/mol. The van der Waals surface area contributed by atoms with Gasteiger partial charge in [-0.1, -0.05) is 0 Å². The Hall–Kier alpha value is -0.280. The maximum Gasteiger partial charge on any atom is 0.111 e. The molecule has 2 heterocycles. The van der Waals surface area contributed by atoms with E-state index >= 15 is 0 Å². The third-order valence-corrected chi connectivity index (χ3v) is 3.64. The Morgan fingerprint density at radius 1 is 0.737 bits per heavy atom. The Labute approximate surface area is 112 Å². The zero-order valence-electron chi connectivity index (χ0n) is 11.2. The van der Waals surface area contributed by atoms with Gasteiger partial charge in [0.25, 0.3) is 0 Å². The predicted octanol–water partition coefficient (Wildman–Crippen LogP) is -2.14. The molecule has 19 heavy (non-hydrogen) atoms. The van der Waals surface area contributed by atoms with E-state index in [1.165, 1.54) is 0 Å². The normalized spacial score (nSPS) is 45.3. The molecule has 2 aliphatic rings. The average Bonchev–Trinajstić information content (AvgIpc) is 2.64. The van der Waals surface area contributed by atoms with Gasteiger partial charge in [-0.2, -0.15) is 0 Å². The molecular formula is C12H24O7. The third-order valence-electron chi connectivity index (χ3n) is 3.64. The Kier molecular flexibility index (Phi) is 6.61. The molecule has 0 aliphatic carbocycles. The largest absolute Gasteiger partial charge is 0.396 e. The lowest BCUT2D eigenvalue weighted by Gasteiger charge is -2.41. The molecule has 2 aliphatic heterocycles. The topological polar surface area (TPSA) is 120 Å². The fraction of sp³-hybridized carbons (Fsp3) is 1.00. The molecule has 2 fully saturated rings. The van der Waals surface area contributed by atoms with Crippen LogP contribution in [0.2, 0.25) is 0 Å². The molecule has 0 aromatic carbocycles. The quantitative estimate of drug-likeness (QED) is 0.400. The van der Waals surface area contributed by atoms with Crippen LogP contribution >= 0.6 is 0 Å². The van der Waals surface area contributed by atoms with Crippen LogP contribution in [0.25, 0.3) is 0 Å². The van der Waals surface area contributed by atoms with Crippen molar-refractivity contribution in [3.05, 3.63) is 0 Å². The van der Waals surface area contributed by atoms with Crippen molar-refractivity contribution < 1.29 is 35.0 Å². The van der Waals surface area contributed by atoms with E-state index in [-0.39, 0.29) is 44.1 Å². The molecule has 2 saturated heterocycles. The van der Waals surface area contributed by atoms with Gasteiger partial charge in [0.15, 0.2) is 0 Å². The zero-order chi connectivity index (χ0) is 14.6. The maximum atomic E-state index is 9.09. The van der Waals surface area contributed by atoms with Crippen molar-refractivity contribution >= 4 is 0 Å². The number of hydrogen-bond acceptors (Lipinski definition) is 7. The van der Waals surface area contributed by atoms with Crippen molar-refractivity contribution in [1.29, 1.82) is 0 Å². The van der Waals surface area contributed by atoms with Crippen LogP contribution in [-0.4, -0.2) is 82.0 Å². The summed E-state index contributed by atoms with van der Waals surface area (Å²) in [6, 6.07) is 0. The lowest BCUT2D eigenvalue weighted by molar-refractivity contribution is -0.200. The summed E-state index contributed by atoms with van der Waals surface area (Å²) < 4.78 is 10.1. The molecule has 0 aromatic heterocycles. The van der Waals surface area contributed by atoms with Gasteiger partial charge >= 0.3 is 0 Å². The van der Waals surface area contributed by atoms with E-state index in [0.717, 1.165) is 0 Å². The molecule has 0 spiro atoms. The first-order chi connectivity index (χ1) is 8.96. The molecule has 0 bridgehead atoms. The van der Waals surface area contributed by atoms with Gasteiger partial charge in [0.05, 0.1) is 38.1 Å². The second-order valence-electron chi connectivity index (χ2n) is 4.95. The van der Waals surface area contributed by atoms with E-state index in [9.17, 15) is 0 Å². The fourth-order valence-electron chi connectivity index (χ4n) is 2.22. The van der Waals surface area contributed by atoms with Gasteiger partial charge in [0, 0.05) is 5.92 Å². The van der Waals surface area contributed by atoms with E-state index in [4.69, 9.17) is 35.0 Å². The highest BCUT2D eigenvalue weighted by atomic mass is 16.6. The number of aliphatic hydroxyl groups is 5. The second kappa shape index (κ2) is 7.49. The fourth-order valence-corrected chi connectivity index (χ4v) is 2.22. The van der Waals surface area contributed by atoms with Crippen molar-refractivity contribution in [2.24, 2.45) is 5.92 Å². The van der Waals surface area contributed by atoms with Gasteiger partial charge in [-0.15, -0.1) is 0 Å². The minimum absolute atomic E-state index is 0.0234. The predicted molar refractivity (Wildman–Crippen MR) is 65.4 cm³/mol. The molecule has 0 amide bonds. The third kappa shape index (κ3) is 3.85. The summed E-state index contributed by atoms with van der Waals surface area (Å²) in [5, 5.41) is 44.0. The van der Waals surface area contributed by atoms with Crippen molar-refractivity contribution in [1.82, 2.24) is 0 Å². The summed E-state index contributed by atoms with van der Waals surface area (Å²) >= 11 is 0. The SMILES string of the molecule is CC1OC(CO)C(O)C1O.CC1OC(CO)C1CO. The van der Waals surface area contributed by atoms with Crippen LogP contribution in [-0.2, 0) is 9.47 Å². The molecule has 7 unspecified atom stereocenters. The molecule has 5 N–H and O–H groups in total. The van der Waals surface area contributed by atoms with Gasteiger partial charge in [-0.3, -0.25) is 0 Å². The van der Waals surface area contributed by atoms with Crippen LogP contribution in [0.5, 0.6) is 0 Å². The van der Waals surface area contributed by atoms with Crippen LogP contribution in [0.3, 0.4) is 0 Å². The number of aliphatic hydroxyl groups excluding tert-OH is 5. The van der Waals surface area contributed by atoms with Crippen LogP contribution in [0.4, 0.5) is 0 Å². The first-order valence-electron chi connectivity index (χ1n) is 6.45. The molecule has 0 aromatic rings. The van der Waals surface area contributed by atoms with Crippen LogP contribution < -0.4 is 0 Å². The molecular weight excluding hydrogens is 256 g/mol. The molecule has 2 rings (SSSR count). The highest BCUT2D eigenvalue weighted by molar-refractivity contribution is 4.87.